The zero-order valence-corrected chi connectivity index (χ0v) is 27.3. The smallest absolute Gasteiger partial charge is 0.459 e. The number of carbonyl (C=O) groups excluding carboxylic acids is 2. The molecule has 3 aromatic rings. The lowest BCUT2D eigenvalue weighted by molar-refractivity contribution is -0.361. The summed E-state index contributed by atoms with van der Waals surface area (Å²) >= 11 is 0. The highest BCUT2D eigenvalue weighted by Crippen LogP contribution is 2.46. The molecule has 0 bridgehead atoms. The average Bonchev–Trinajstić information content (AvgIpc) is 3.05. The van der Waals surface area contributed by atoms with Gasteiger partial charge in [0, 0.05) is 6.61 Å². The molecule has 1 atom stereocenters. The van der Waals surface area contributed by atoms with Crippen molar-refractivity contribution in [2.45, 2.75) is 77.0 Å². The topological polar surface area (TPSA) is 71.1 Å². The van der Waals surface area contributed by atoms with Crippen LogP contribution in [0.5, 0.6) is 11.5 Å². The fourth-order valence-electron chi connectivity index (χ4n) is 4.42. The Labute approximate surface area is 280 Å². The molecule has 0 aliphatic rings. The van der Waals surface area contributed by atoms with Gasteiger partial charge >= 0.3 is 30.0 Å². The highest BCUT2D eigenvalue weighted by atomic mass is 19.4. The van der Waals surface area contributed by atoms with Crippen LogP contribution in [0.2, 0.25) is 0 Å². The molecule has 0 saturated heterocycles. The van der Waals surface area contributed by atoms with E-state index in [1.54, 1.807) is 48.5 Å². The van der Waals surface area contributed by atoms with E-state index in [-0.39, 0.29) is 30.7 Å². The van der Waals surface area contributed by atoms with Crippen LogP contribution in [0.25, 0.3) is 11.1 Å². The van der Waals surface area contributed by atoms with Gasteiger partial charge in [0.25, 0.3) is 0 Å². The normalized spacial score (nSPS) is 12.9. The Morgan fingerprint density at radius 3 is 1.71 bits per heavy atom. The van der Waals surface area contributed by atoms with Gasteiger partial charge in [-0.05, 0) is 105 Å². The molecule has 0 aromatic heterocycles. The zero-order valence-electron chi connectivity index (χ0n) is 27.3. The van der Waals surface area contributed by atoms with Crippen molar-refractivity contribution in [3.63, 3.8) is 0 Å². The first-order chi connectivity index (χ1) is 23.0. The van der Waals surface area contributed by atoms with E-state index in [1.165, 1.54) is 12.1 Å². The summed E-state index contributed by atoms with van der Waals surface area (Å²) in [7, 11) is 0. The third kappa shape index (κ3) is 11.8. The molecule has 0 spiro atoms. The van der Waals surface area contributed by atoms with Gasteiger partial charge in [-0.25, -0.2) is 9.59 Å². The van der Waals surface area contributed by atoms with E-state index in [0.29, 0.717) is 35.8 Å². The first-order valence-electron chi connectivity index (χ1n) is 15.8. The number of hydrogen-bond acceptors (Lipinski definition) is 6. The SMILES string of the molecule is CC(C)CCC(C)OC(=O)c1ccc(-c2ccc(OC(=O)c3ccc(OCCCCCOCC(F)(F)C(F)(F)C(F)(F)F)cc3)cc2)cc1. The van der Waals surface area contributed by atoms with Gasteiger partial charge in [0.05, 0.1) is 23.8 Å². The van der Waals surface area contributed by atoms with Crippen LogP contribution in [0.15, 0.2) is 72.8 Å². The minimum absolute atomic E-state index is 0.143. The van der Waals surface area contributed by atoms with E-state index in [4.69, 9.17) is 14.2 Å². The molecule has 3 rings (SSSR count). The molecule has 0 radical (unpaired) electrons. The van der Waals surface area contributed by atoms with Crippen molar-refractivity contribution < 1.29 is 59.3 Å². The Balaban J connectivity index is 1.37. The molecule has 0 fully saturated rings. The van der Waals surface area contributed by atoms with Gasteiger partial charge in [0.15, 0.2) is 0 Å². The summed E-state index contributed by atoms with van der Waals surface area (Å²) in [5.74, 6) is -11.2. The van der Waals surface area contributed by atoms with Gasteiger partial charge in [-0.2, -0.15) is 30.7 Å². The monoisotopic (exact) mass is 700 g/mol. The summed E-state index contributed by atoms with van der Waals surface area (Å²) in [6, 6.07) is 20.0. The van der Waals surface area contributed by atoms with Gasteiger partial charge < -0.3 is 18.9 Å². The lowest BCUT2D eigenvalue weighted by atomic mass is 10.0. The number of alkyl halides is 7. The van der Waals surface area contributed by atoms with Crippen LogP contribution in [-0.2, 0) is 9.47 Å². The largest absolute Gasteiger partial charge is 0.494 e. The average molecular weight is 701 g/mol. The third-order valence-electron chi connectivity index (χ3n) is 7.37. The second kappa shape index (κ2) is 17.5. The van der Waals surface area contributed by atoms with Gasteiger partial charge in [0.1, 0.15) is 18.1 Å². The number of rotatable bonds is 18. The fraction of sp³-hybridized carbons (Fsp3) is 0.444. The highest BCUT2D eigenvalue weighted by Gasteiger charge is 2.72. The predicted octanol–water partition coefficient (Wildman–Crippen LogP) is 9.95. The Morgan fingerprint density at radius 2 is 1.14 bits per heavy atom. The number of carbonyl (C=O) groups is 2. The van der Waals surface area contributed by atoms with Crippen LogP contribution in [0.4, 0.5) is 30.7 Å². The van der Waals surface area contributed by atoms with Crippen molar-refractivity contribution in [2.75, 3.05) is 19.8 Å². The number of unbranched alkanes of at least 4 members (excludes halogenated alkanes) is 2. The first kappa shape index (κ1) is 39.3. The summed E-state index contributed by atoms with van der Waals surface area (Å²) in [6.07, 6.45) is -3.83. The molecular weight excluding hydrogens is 661 g/mol. The molecule has 0 aliphatic carbocycles. The molecule has 0 N–H and O–H groups in total. The standard InChI is InChI=1S/C36H39F7O6/c1-24(2)7-8-25(3)48-32(44)28-11-9-26(10-12-28)27-13-19-31(20-14-27)49-33(45)29-15-17-30(18-16-29)47-22-6-4-5-21-46-23-34(37,38)35(39,40)36(41,42)43/h9-20,24-25H,4-8,21-23H2,1-3H3. The van der Waals surface area contributed by atoms with Crippen LogP contribution < -0.4 is 9.47 Å². The van der Waals surface area contributed by atoms with Gasteiger partial charge in [0.2, 0.25) is 0 Å². The fourth-order valence-corrected chi connectivity index (χ4v) is 4.42. The Kier molecular flexibility index (Phi) is 14.0. The van der Waals surface area contributed by atoms with E-state index >= 15 is 0 Å². The number of benzene rings is 3. The molecule has 49 heavy (non-hydrogen) atoms. The molecule has 0 aliphatic heterocycles. The van der Waals surface area contributed by atoms with Crippen molar-refractivity contribution in [3.8, 4) is 22.6 Å². The quantitative estimate of drug-likeness (QED) is 0.0570. The maximum absolute atomic E-state index is 13.2. The third-order valence-corrected chi connectivity index (χ3v) is 7.37. The van der Waals surface area contributed by atoms with Gasteiger partial charge in [-0.1, -0.05) is 38.1 Å². The zero-order chi connectivity index (χ0) is 36.2. The Morgan fingerprint density at radius 1 is 0.633 bits per heavy atom. The summed E-state index contributed by atoms with van der Waals surface area (Å²) in [5.41, 5.74) is 2.44. The van der Waals surface area contributed by atoms with Crippen molar-refractivity contribution in [2.24, 2.45) is 5.92 Å². The maximum atomic E-state index is 13.2. The Bertz CT molecular complexity index is 1470. The van der Waals surface area contributed by atoms with E-state index in [0.717, 1.165) is 24.0 Å². The lowest BCUT2D eigenvalue weighted by Crippen LogP contribution is -2.54. The van der Waals surface area contributed by atoms with Crippen molar-refractivity contribution in [3.05, 3.63) is 83.9 Å². The van der Waals surface area contributed by atoms with Crippen molar-refractivity contribution in [1.29, 1.82) is 0 Å². The van der Waals surface area contributed by atoms with Crippen LogP contribution in [0.3, 0.4) is 0 Å². The molecule has 0 heterocycles. The maximum Gasteiger partial charge on any atom is 0.459 e. The molecule has 0 amide bonds. The van der Waals surface area contributed by atoms with E-state index < -0.39 is 37.2 Å². The first-order valence-corrected chi connectivity index (χ1v) is 15.8. The highest BCUT2D eigenvalue weighted by molar-refractivity contribution is 5.91. The number of halogens is 7. The molecule has 0 saturated carbocycles. The molecular formula is C36H39F7O6. The summed E-state index contributed by atoms with van der Waals surface area (Å²) in [6.45, 7) is 3.85. The minimum Gasteiger partial charge on any atom is -0.494 e. The van der Waals surface area contributed by atoms with Crippen LogP contribution in [-0.4, -0.2) is 55.9 Å². The summed E-state index contributed by atoms with van der Waals surface area (Å²) < 4.78 is 109. The van der Waals surface area contributed by atoms with E-state index in [9.17, 15) is 40.3 Å². The number of ether oxygens (including phenoxy) is 4. The molecule has 268 valence electrons. The summed E-state index contributed by atoms with van der Waals surface area (Å²) in [5, 5.41) is 0. The Hall–Kier alpha value is -4.13. The van der Waals surface area contributed by atoms with Crippen molar-refractivity contribution >= 4 is 11.9 Å². The van der Waals surface area contributed by atoms with Crippen LogP contribution >= 0.6 is 0 Å². The second-order valence-corrected chi connectivity index (χ2v) is 11.9. The van der Waals surface area contributed by atoms with E-state index in [1.807, 2.05) is 19.1 Å². The predicted molar refractivity (Wildman–Crippen MR) is 168 cm³/mol. The molecule has 13 heteroatoms. The van der Waals surface area contributed by atoms with Crippen molar-refractivity contribution in [1.82, 2.24) is 0 Å². The molecule has 1 unspecified atom stereocenters. The number of hydrogen-bond donors (Lipinski definition) is 0. The molecule has 6 nitrogen and oxygen atoms in total. The van der Waals surface area contributed by atoms with Crippen LogP contribution in [0.1, 0.15) is 73.6 Å². The lowest BCUT2D eigenvalue weighted by Gasteiger charge is -2.27. The second-order valence-electron chi connectivity index (χ2n) is 11.9. The van der Waals surface area contributed by atoms with Crippen LogP contribution in [0, 0.1) is 5.92 Å². The minimum atomic E-state index is -6.38. The summed E-state index contributed by atoms with van der Waals surface area (Å²) in [4.78, 5) is 25.1. The molecule has 3 aromatic carbocycles. The van der Waals surface area contributed by atoms with E-state index in [2.05, 4.69) is 18.6 Å². The van der Waals surface area contributed by atoms with Gasteiger partial charge in [-0.15, -0.1) is 0 Å². The number of esters is 2. The van der Waals surface area contributed by atoms with Gasteiger partial charge in [-0.3, -0.25) is 0 Å².